The number of hydrogen-bond acceptors (Lipinski definition) is 4. The molecule has 0 atom stereocenters. The Hall–Kier alpha value is -3.19. The summed E-state index contributed by atoms with van der Waals surface area (Å²) in [6.45, 7) is 5.02. The van der Waals surface area contributed by atoms with Crippen LogP contribution in [0.15, 0.2) is 42.7 Å². The molecule has 0 N–H and O–H groups in total. The fraction of sp³-hybridized carbons (Fsp3) is 0.273. The Labute approximate surface area is 179 Å². The first-order valence-electron chi connectivity index (χ1n) is 9.75. The summed E-state index contributed by atoms with van der Waals surface area (Å²) in [6.07, 6.45) is 3.56. The molecule has 0 spiro atoms. The van der Waals surface area contributed by atoms with Crippen LogP contribution in [0.25, 0.3) is 22.2 Å². The maximum absolute atomic E-state index is 13.4. The number of para-hydroxylation sites is 1. The molecule has 0 unspecified atom stereocenters. The Morgan fingerprint density at radius 2 is 2.03 bits per heavy atom. The lowest BCUT2D eigenvalue weighted by atomic mass is 10.0. The van der Waals surface area contributed by atoms with E-state index in [0.717, 1.165) is 34.4 Å². The third-order valence-electron chi connectivity index (χ3n) is 5.30. The van der Waals surface area contributed by atoms with Gasteiger partial charge in [-0.15, -0.1) is 0 Å². The van der Waals surface area contributed by atoms with Gasteiger partial charge in [0.15, 0.2) is 0 Å². The molecule has 7 nitrogen and oxygen atoms in total. The summed E-state index contributed by atoms with van der Waals surface area (Å²) >= 11 is 6.30. The average molecular weight is 423 g/mol. The molecule has 3 aromatic heterocycles. The van der Waals surface area contributed by atoms with Crippen LogP contribution >= 0.6 is 11.6 Å². The molecule has 0 fully saturated rings. The minimum absolute atomic E-state index is 0.112. The number of hydrogen-bond donors (Lipinski definition) is 0. The summed E-state index contributed by atoms with van der Waals surface area (Å²) < 4.78 is 3.56. The Morgan fingerprint density at radius 1 is 1.27 bits per heavy atom. The fourth-order valence-corrected chi connectivity index (χ4v) is 3.66. The summed E-state index contributed by atoms with van der Waals surface area (Å²) in [4.78, 5) is 19.8. The molecule has 0 aliphatic heterocycles. The second kappa shape index (κ2) is 7.91. The summed E-state index contributed by atoms with van der Waals surface area (Å²) in [5.41, 5.74) is 4.65. The predicted octanol–water partition coefficient (Wildman–Crippen LogP) is 4.09. The number of amides is 1. The first kappa shape index (κ1) is 20.1. The van der Waals surface area contributed by atoms with Crippen LogP contribution in [0.5, 0.6) is 0 Å². The number of carbonyl (C=O) groups excluding carboxylic acids is 1. The molecule has 8 heteroatoms. The van der Waals surface area contributed by atoms with E-state index in [1.165, 1.54) is 0 Å². The van der Waals surface area contributed by atoms with Gasteiger partial charge in [-0.2, -0.15) is 10.2 Å². The van der Waals surface area contributed by atoms with Gasteiger partial charge in [-0.1, -0.05) is 29.8 Å². The van der Waals surface area contributed by atoms with Crippen LogP contribution in [0.2, 0.25) is 5.02 Å². The number of aromatic nitrogens is 5. The molecule has 0 saturated heterocycles. The molecule has 154 valence electrons. The van der Waals surface area contributed by atoms with Crippen molar-refractivity contribution in [3.63, 3.8) is 0 Å². The van der Waals surface area contributed by atoms with E-state index in [2.05, 4.69) is 10.2 Å². The highest BCUT2D eigenvalue weighted by atomic mass is 35.5. The standard InChI is InChI=1S/C22H23ClN6O/c1-5-29-12-18(23)21(26-29)13-27(3)22(30)16-10-20(17-11-24-28(4)14(17)2)25-19-9-7-6-8-15(16)19/h6-12H,5,13H2,1-4H3. The minimum atomic E-state index is -0.112. The number of halogens is 1. The second-order valence-electron chi connectivity index (χ2n) is 7.28. The van der Waals surface area contributed by atoms with Crippen molar-refractivity contribution in [3.05, 3.63) is 64.7 Å². The van der Waals surface area contributed by atoms with E-state index in [1.54, 1.807) is 33.7 Å². The van der Waals surface area contributed by atoms with Crippen molar-refractivity contribution in [3.8, 4) is 11.3 Å². The molecule has 0 aliphatic carbocycles. The van der Waals surface area contributed by atoms with Crippen molar-refractivity contribution < 1.29 is 4.79 Å². The number of rotatable bonds is 5. The molecule has 0 bridgehead atoms. The van der Waals surface area contributed by atoms with E-state index in [9.17, 15) is 4.79 Å². The molecule has 1 aromatic carbocycles. The Kier molecular flexibility index (Phi) is 5.30. The Morgan fingerprint density at radius 3 is 2.70 bits per heavy atom. The lowest BCUT2D eigenvalue weighted by Gasteiger charge is -2.18. The van der Waals surface area contributed by atoms with Crippen LogP contribution in [0, 0.1) is 6.92 Å². The molecule has 3 heterocycles. The van der Waals surface area contributed by atoms with Crippen LogP contribution in [0.4, 0.5) is 0 Å². The maximum atomic E-state index is 13.4. The smallest absolute Gasteiger partial charge is 0.254 e. The number of nitrogens with zero attached hydrogens (tertiary/aromatic N) is 6. The maximum Gasteiger partial charge on any atom is 0.254 e. The quantitative estimate of drug-likeness (QED) is 0.485. The number of pyridine rings is 1. The van der Waals surface area contributed by atoms with Crippen molar-refractivity contribution in [2.75, 3.05) is 7.05 Å². The normalized spacial score (nSPS) is 11.2. The van der Waals surface area contributed by atoms with E-state index >= 15 is 0 Å². The molecule has 1 amide bonds. The van der Waals surface area contributed by atoms with Gasteiger partial charge in [0, 0.05) is 43.5 Å². The largest absolute Gasteiger partial charge is 0.336 e. The third-order valence-corrected chi connectivity index (χ3v) is 5.62. The first-order chi connectivity index (χ1) is 14.4. The average Bonchev–Trinajstić information content (AvgIpc) is 3.28. The minimum Gasteiger partial charge on any atom is -0.336 e. The van der Waals surface area contributed by atoms with Gasteiger partial charge in [0.05, 0.1) is 34.5 Å². The highest BCUT2D eigenvalue weighted by molar-refractivity contribution is 6.31. The van der Waals surface area contributed by atoms with Gasteiger partial charge in [0.1, 0.15) is 5.69 Å². The van der Waals surface area contributed by atoms with Crippen LogP contribution in [-0.2, 0) is 20.1 Å². The van der Waals surface area contributed by atoms with Crippen LogP contribution in [-0.4, -0.2) is 42.4 Å². The summed E-state index contributed by atoms with van der Waals surface area (Å²) in [5, 5.41) is 10.1. The Bertz CT molecular complexity index is 1240. The molecule has 30 heavy (non-hydrogen) atoms. The highest BCUT2D eigenvalue weighted by Gasteiger charge is 2.20. The molecular formula is C22H23ClN6O. The number of fused-ring (bicyclic) bond motifs is 1. The van der Waals surface area contributed by atoms with Gasteiger partial charge in [-0.25, -0.2) is 4.98 Å². The van der Waals surface area contributed by atoms with Crippen molar-refractivity contribution in [2.45, 2.75) is 26.9 Å². The zero-order chi connectivity index (χ0) is 21.4. The SMILES string of the molecule is CCn1cc(Cl)c(CN(C)C(=O)c2cc(-c3cnn(C)c3C)nc3ccccc23)n1. The molecule has 0 saturated carbocycles. The van der Waals surface area contributed by atoms with Crippen LogP contribution < -0.4 is 0 Å². The third kappa shape index (κ3) is 3.57. The van der Waals surface area contributed by atoms with Gasteiger partial charge >= 0.3 is 0 Å². The van der Waals surface area contributed by atoms with E-state index < -0.39 is 0 Å². The topological polar surface area (TPSA) is 68.8 Å². The lowest BCUT2D eigenvalue weighted by Crippen LogP contribution is -2.27. The Balaban J connectivity index is 1.75. The molecule has 0 aliphatic rings. The number of carbonyl (C=O) groups is 1. The van der Waals surface area contributed by atoms with Crippen LogP contribution in [0.3, 0.4) is 0 Å². The summed E-state index contributed by atoms with van der Waals surface area (Å²) in [7, 11) is 3.65. The summed E-state index contributed by atoms with van der Waals surface area (Å²) in [6, 6.07) is 9.51. The zero-order valence-electron chi connectivity index (χ0n) is 17.4. The van der Waals surface area contributed by atoms with E-state index in [0.29, 0.717) is 22.8 Å². The number of benzene rings is 1. The van der Waals surface area contributed by atoms with Gasteiger partial charge in [0.2, 0.25) is 0 Å². The number of aryl methyl sites for hydroxylation is 2. The molecule has 4 rings (SSSR count). The fourth-order valence-electron chi connectivity index (χ4n) is 3.45. The summed E-state index contributed by atoms with van der Waals surface area (Å²) in [5.74, 6) is -0.112. The molecule has 4 aromatic rings. The van der Waals surface area contributed by atoms with Crippen molar-refractivity contribution in [1.82, 2.24) is 29.4 Å². The monoisotopic (exact) mass is 422 g/mol. The zero-order valence-corrected chi connectivity index (χ0v) is 18.2. The van der Waals surface area contributed by atoms with E-state index in [4.69, 9.17) is 16.6 Å². The molecular weight excluding hydrogens is 400 g/mol. The van der Waals surface area contributed by atoms with Crippen molar-refractivity contribution in [1.29, 1.82) is 0 Å². The first-order valence-corrected chi connectivity index (χ1v) is 10.1. The highest BCUT2D eigenvalue weighted by Crippen LogP contribution is 2.28. The van der Waals surface area contributed by atoms with Crippen LogP contribution in [0.1, 0.15) is 28.7 Å². The van der Waals surface area contributed by atoms with Crippen molar-refractivity contribution >= 4 is 28.4 Å². The van der Waals surface area contributed by atoms with Gasteiger partial charge < -0.3 is 4.90 Å². The van der Waals surface area contributed by atoms with Gasteiger partial charge in [-0.05, 0) is 26.0 Å². The van der Waals surface area contributed by atoms with E-state index in [1.807, 2.05) is 51.2 Å². The van der Waals surface area contributed by atoms with E-state index in [-0.39, 0.29) is 5.91 Å². The molecule has 0 radical (unpaired) electrons. The van der Waals surface area contributed by atoms with Gasteiger partial charge in [-0.3, -0.25) is 14.2 Å². The second-order valence-corrected chi connectivity index (χ2v) is 7.69. The predicted molar refractivity (Wildman–Crippen MR) is 117 cm³/mol. The lowest BCUT2D eigenvalue weighted by molar-refractivity contribution is 0.0785. The van der Waals surface area contributed by atoms with Gasteiger partial charge in [0.25, 0.3) is 5.91 Å². The van der Waals surface area contributed by atoms with Crippen molar-refractivity contribution in [2.24, 2.45) is 7.05 Å².